The van der Waals surface area contributed by atoms with Gasteiger partial charge in [0.15, 0.2) is 0 Å². The van der Waals surface area contributed by atoms with Crippen LogP contribution in [0, 0.1) is 11.6 Å². The van der Waals surface area contributed by atoms with Crippen LogP contribution in [0.25, 0.3) is 0 Å². The highest BCUT2D eigenvalue weighted by Gasteiger charge is 2.04. The van der Waals surface area contributed by atoms with E-state index in [4.69, 9.17) is 0 Å². The van der Waals surface area contributed by atoms with Gasteiger partial charge in [-0.3, -0.25) is 0 Å². The van der Waals surface area contributed by atoms with E-state index >= 15 is 0 Å². The molecule has 118 valence electrons. The molecule has 0 saturated carbocycles. The van der Waals surface area contributed by atoms with Crippen LogP contribution in [0.1, 0.15) is 11.1 Å². The van der Waals surface area contributed by atoms with Crippen molar-refractivity contribution in [3.63, 3.8) is 0 Å². The number of nitrogens with one attached hydrogen (secondary N) is 2. The van der Waals surface area contributed by atoms with E-state index in [1.807, 2.05) is 0 Å². The van der Waals surface area contributed by atoms with Gasteiger partial charge in [0.25, 0.3) is 0 Å². The molecule has 2 N–H and O–H groups in total. The average Bonchev–Trinajstić information content (AvgIpc) is 3.01. The minimum Gasteiger partial charge on any atom is -0.381 e. The molecule has 0 spiro atoms. The van der Waals surface area contributed by atoms with Crippen LogP contribution in [0.5, 0.6) is 0 Å². The van der Waals surface area contributed by atoms with Gasteiger partial charge in [-0.25, -0.2) is 8.78 Å². The Morgan fingerprint density at radius 3 is 1.43 bits per heavy atom. The smallest absolute Gasteiger partial charge is 0.123 e. The molecule has 2 nitrogen and oxygen atoms in total. The summed E-state index contributed by atoms with van der Waals surface area (Å²) in [7, 11) is 0. The Kier molecular flexibility index (Phi) is 4.88. The van der Waals surface area contributed by atoms with Crippen molar-refractivity contribution in [1.29, 1.82) is 0 Å². The van der Waals surface area contributed by atoms with Gasteiger partial charge in [0.2, 0.25) is 0 Å². The lowest BCUT2D eigenvalue weighted by Gasteiger charge is -2.09. The molecule has 5 heteroatoms. The lowest BCUT2D eigenvalue weighted by Crippen LogP contribution is -2.04. The third-order valence-corrected chi connectivity index (χ3v) is 4.33. The average molecular weight is 330 g/mol. The molecule has 0 aliphatic rings. The van der Waals surface area contributed by atoms with Crippen molar-refractivity contribution in [3.8, 4) is 0 Å². The van der Waals surface area contributed by atoms with Gasteiger partial charge in [-0.2, -0.15) is 11.3 Å². The van der Waals surface area contributed by atoms with Gasteiger partial charge >= 0.3 is 0 Å². The molecule has 0 bridgehead atoms. The van der Waals surface area contributed by atoms with Crippen LogP contribution in [0.4, 0.5) is 20.2 Å². The van der Waals surface area contributed by atoms with Gasteiger partial charge in [0, 0.05) is 24.5 Å². The predicted molar refractivity (Wildman–Crippen MR) is 91.8 cm³/mol. The largest absolute Gasteiger partial charge is 0.381 e. The molecule has 1 heterocycles. The minimum absolute atomic E-state index is 0.240. The standard InChI is InChI=1S/C18H16F2N2S/c19-15-1-5-17(6-2-15)21-9-13-11-23-12-14(13)10-22-18-7-3-16(20)4-8-18/h1-8,11-12,21-22H,9-10H2. The van der Waals surface area contributed by atoms with Crippen LogP contribution in [0.3, 0.4) is 0 Å². The minimum atomic E-state index is -0.240. The molecule has 1 aromatic heterocycles. The van der Waals surface area contributed by atoms with Crippen molar-refractivity contribution in [1.82, 2.24) is 0 Å². The molecule has 0 saturated heterocycles. The van der Waals surface area contributed by atoms with Crippen LogP contribution in [0.2, 0.25) is 0 Å². The van der Waals surface area contributed by atoms with E-state index in [1.54, 1.807) is 35.6 Å². The molecule has 3 rings (SSSR count). The van der Waals surface area contributed by atoms with Crippen molar-refractivity contribution in [2.45, 2.75) is 13.1 Å². The summed E-state index contributed by atoms with van der Waals surface area (Å²) >= 11 is 1.64. The summed E-state index contributed by atoms with van der Waals surface area (Å²) in [6, 6.07) is 12.6. The first kappa shape index (κ1) is 15.5. The molecule has 23 heavy (non-hydrogen) atoms. The van der Waals surface area contributed by atoms with Crippen molar-refractivity contribution in [3.05, 3.63) is 82.1 Å². The summed E-state index contributed by atoms with van der Waals surface area (Å²) in [4.78, 5) is 0. The van der Waals surface area contributed by atoms with Crippen molar-refractivity contribution in [2.75, 3.05) is 10.6 Å². The number of thiophene rings is 1. The highest BCUT2D eigenvalue weighted by Crippen LogP contribution is 2.19. The van der Waals surface area contributed by atoms with E-state index in [9.17, 15) is 8.78 Å². The summed E-state index contributed by atoms with van der Waals surface area (Å²) in [5.41, 5.74) is 4.15. The van der Waals surface area contributed by atoms with Crippen molar-refractivity contribution < 1.29 is 8.78 Å². The maximum atomic E-state index is 12.9. The second-order valence-corrected chi connectivity index (χ2v) is 5.89. The number of anilines is 2. The zero-order valence-corrected chi connectivity index (χ0v) is 13.2. The zero-order valence-electron chi connectivity index (χ0n) is 12.4. The van der Waals surface area contributed by atoms with E-state index in [-0.39, 0.29) is 11.6 Å². The highest BCUT2D eigenvalue weighted by molar-refractivity contribution is 7.08. The van der Waals surface area contributed by atoms with Crippen LogP contribution < -0.4 is 10.6 Å². The van der Waals surface area contributed by atoms with Gasteiger partial charge in [-0.1, -0.05) is 0 Å². The maximum Gasteiger partial charge on any atom is 0.123 e. The molecule has 0 unspecified atom stereocenters. The van der Waals surface area contributed by atoms with Gasteiger partial charge in [-0.15, -0.1) is 0 Å². The molecular formula is C18H16F2N2S. The van der Waals surface area contributed by atoms with E-state index in [0.717, 1.165) is 11.4 Å². The van der Waals surface area contributed by atoms with Gasteiger partial charge in [0.1, 0.15) is 11.6 Å². The Balaban J connectivity index is 1.58. The van der Waals surface area contributed by atoms with E-state index in [0.29, 0.717) is 13.1 Å². The van der Waals surface area contributed by atoms with Crippen molar-refractivity contribution in [2.24, 2.45) is 0 Å². The first-order valence-corrected chi connectivity index (χ1v) is 8.18. The Labute approximate surface area is 137 Å². The van der Waals surface area contributed by atoms with Crippen LogP contribution >= 0.6 is 11.3 Å². The van der Waals surface area contributed by atoms with Crippen LogP contribution in [0.15, 0.2) is 59.3 Å². The van der Waals surface area contributed by atoms with Crippen LogP contribution in [-0.2, 0) is 13.1 Å². The SMILES string of the molecule is Fc1ccc(NCc2cscc2CNc2ccc(F)cc2)cc1. The maximum absolute atomic E-state index is 12.9. The molecule has 3 aromatic rings. The Hall–Kier alpha value is -2.40. The van der Waals surface area contributed by atoms with Crippen molar-refractivity contribution >= 4 is 22.7 Å². The Bertz CT molecular complexity index is 687. The van der Waals surface area contributed by atoms with E-state index < -0.39 is 0 Å². The van der Waals surface area contributed by atoms with Gasteiger partial charge in [0.05, 0.1) is 0 Å². The van der Waals surface area contributed by atoms with Gasteiger partial charge < -0.3 is 10.6 Å². The predicted octanol–water partition coefficient (Wildman–Crippen LogP) is 5.25. The van der Waals surface area contributed by atoms with Crippen LogP contribution in [-0.4, -0.2) is 0 Å². The second-order valence-electron chi connectivity index (χ2n) is 5.14. The second kappa shape index (κ2) is 7.24. The lowest BCUT2D eigenvalue weighted by molar-refractivity contribution is 0.627. The zero-order chi connectivity index (χ0) is 16.1. The molecule has 2 aromatic carbocycles. The molecule has 0 aliphatic heterocycles. The summed E-state index contributed by atoms with van der Waals surface area (Å²) in [5.74, 6) is -0.481. The number of halogens is 2. The summed E-state index contributed by atoms with van der Waals surface area (Å²) in [5, 5.41) is 10.8. The monoisotopic (exact) mass is 330 g/mol. The topological polar surface area (TPSA) is 24.1 Å². The summed E-state index contributed by atoms with van der Waals surface area (Å²) in [6.07, 6.45) is 0. The Morgan fingerprint density at radius 1 is 0.652 bits per heavy atom. The molecule has 0 amide bonds. The molecule has 0 aliphatic carbocycles. The number of benzene rings is 2. The molecular weight excluding hydrogens is 314 g/mol. The lowest BCUT2D eigenvalue weighted by atomic mass is 10.2. The first-order chi connectivity index (χ1) is 11.2. The fraction of sp³-hybridized carbons (Fsp3) is 0.111. The van der Waals surface area contributed by atoms with E-state index in [2.05, 4.69) is 21.4 Å². The molecule has 0 radical (unpaired) electrons. The third-order valence-electron chi connectivity index (χ3n) is 3.49. The fourth-order valence-electron chi connectivity index (χ4n) is 2.19. The number of hydrogen-bond donors (Lipinski definition) is 2. The fourth-order valence-corrected chi connectivity index (χ4v) is 3.06. The normalized spacial score (nSPS) is 10.5. The highest BCUT2D eigenvalue weighted by atomic mass is 32.1. The van der Waals surface area contributed by atoms with Gasteiger partial charge in [-0.05, 0) is 70.4 Å². The molecule has 0 atom stereocenters. The number of hydrogen-bond acceptors (Lipinski definition) is 3. The number of rotatable bonds is 6. The third kappa shape index (κ3) is 4.29. The summed E-state index contributed by atoms with van der Waals surface area (Å²) in [6.45, 7) is 1.35. The quantitative estimate of drug-likeness (QED) is 0.645. The molecule has 0 fully saturated rings. The first-order valence-electron chi connectivity index (χ1n) is 7.23. The van der Waals surface area contributed by atoms with E-state index in [1.165, 1.54) is 35.4 Å². The Morgan fingerprint density at radius 2 is 1.04 bits per heavy atom. The summed E-state index contributed by atoms with van der Waals surface area (Å²) < 4.78 is 25.8.